The fourth-order valence-electron chi connectivity index (χ4n) is 2.00. The molecule has 1 heterocycles. The molecule has 0 amide bonds. The topological polar surface area (TPSA) is 75.3 Å². The summed E-state index contributed by atoms with van der Waals surface area (Å²) >= 11 is 0. The minimum absolute atomic E-state index is 0.708. The Hall–Kier alpha value is -2.25. The molecule has 1 fully saturated rings. The van der Waals surface area contributed by atoms with Crippen LogP contribution in [0, 0.1) is 6.92 Å². The Morgan fingerprint density at radius 3 is 1.73 bits per heavy atom. The maximum atomic E-state index is 5.26. The second-order valence-corrected chi connectivity index (χ2v) is 4.90. The Labute approximate surface area is 127 Å². The van der Waals surface area contributed by atoms with Crippen molar-refractivity contribution in [1.82, 2.24) is 0 Å². The third kappa shape index (κ3) is 3.32. The molecule has 0 radical (unpaired) electrons. The van der Waals surface area contributed by atoms with Crippen molar-refractivity contribution in [2.24, 2.45) is 10.9 Å². The minimum Gasteiger partial charge on any atom is -0.323 e. The van der Waals surface area contributed by atoms with E-state index in [1.807, 2.05) is 55.5 Å². The largest absolute Gasteiger partial charge is 0.323 e. The summed E-state index contributed by atoms with van der Waals surface area (Å²) in [6.07, 6.45) is 0.0957. The van der Waals surface area contributed by atoms with Crippen LogP contribution in [0.3, 0.4) is 0 Å². The normalized spacial score (nSPS) is 22.0. The van der Waals surface area contributed by atoms with Crippen molar-refractivity contribution in [1.29, 1.82) is 0 Å². The molecule has 0 aliphatic carbocycles. The van der Waals surface area contributed by atoms with E-state index in [9.17, 15) is 0 Å². The minimum atomic E-state index is -0.745. The standard InChI is InChI=1S/C16H16N2O4/c1-11-2-6-13(7-3-11)15-19-21-16(22-20-15)14-8-4-12(5-9-14)10-18-17/h2-10,15-16H,17H2,1H3/b18-10+. The molecule has 0 bridgehead atoms. The Bertz CT molecular complexity index is 632. The highest BCUT2D eigenvalue weighted by Gasteiger charge is 2.28. The molecule has 3 rings (SSSR count). The highest BCUT2D eigenvalue weighted by Crippen LogP contribution is 2.32. The van der Waals surface area contributed by atoms with Gasteiger partial charge in [0.1, 0.15) is 0 Å². The molecule has 2 N–H and O–H groups in total. The average molecular weight is 300 g/mol. The Kier molecular flexibility index (Phi) is 4.45. The van der Waals surface area contributed by atoms with Gasteiger partial charge in [0.05, 0.1) is 6.21 Å². The molecule has 6 heteroatoms. The quantitative estimate of drug-likeness (QED) is 0.408. The van der Waals surface area contributed by atoms with Crippen LogP contribution >= 0.6 is 0 Å². The number of benzene rings is 2. The molecule has 1 saturated heterocycles. The third-order valence-corrected chi connectivity index (χ3v) is 3.24. The zero-order chi connectivity index (χ0) is 15.4. The first-order chi connectivity index (χ1) is 10.8. The first kappa shape index (κ1) is 14.7. The lowest BCUT2D eigenvalue weighted by molar-refractivity contribution is -0.600. The molecular weight excluding hydrogens is 284 g/mol. The van der Waals surface area contributed by atoms with Crippen molar-refractivity contribution in [2.45, 2.75) is 19.5 Å². The van der Waals surface area contributed by atoms with E-state index in [0.717, 1.165) is 22.3 Å². The summed E-state index contributed by atoms with van der Waals surface area (Å²) in [6, 6.07) is 15.0. The molecule has 1 aliphatic rings. The molecule has 1 aliphatic heterocycles. The van der Waals surface area contributed by atoms with Gasteiger partial charge in [0.25, 0.3) is 0 Å². The van der Waals surface area contributed by atoms with E-state index < -0.39 is 12.6 Å². The van der Waals surface area contributed by atoms with Crippen LogP contribution in [0.25, 0.3) is 0 Å². The van der Waals surface area contributed by atoms with Crippen molar-refractivity contribution in [2.75, 3.05) is 0 Å². The summed E-state index contributed by atoms with van der Waals surface area (Å²) < 4.78 is 0. The van der Waals surface area contributed by atoms with Gasteiger partial charge < -0.3 is 5.84 Å². The van der Waals surface area contributed by atoms with Gasteiger partial charge in [0.2, 0.25) is 12.6 Å². The lowest BCUT2D eigenvalue weighted by atomic mass is 10.1. The van der Waals surface area contributed by atoms with E-state index in [-0.39, 0.29) is 0 Å². The molecule has 2 aromatic carbocycles. The van der Waals surface area contributed by atoms with Crippen LogP contribution < -0.4 is 5.84 Å². The number of hydrazone groups is 1. The van der Waals surface area contributed by atoms with E-state index in [2.05, 4.69) is 5.10 Å². The van der Waals surface area contributed by atoms with Crippen LogP contribution in [0.5, 0.6) is 0 Å². The first-order valence-electron chi connectivity index (χ1n) is 6.80. The fraction of sp³-hybridized carbons (Fsp3) is 0.188. The van der Waals surface area contributed by atoms with E-state index >= 15 is 0 Å². The van der Waals surface area contributed by atoms with Gasteiger partial charge in [-0.3, -0.25) is 0 Å². The number of aryl methyl sites for hydroxylation is 1. The number of hydrogen-bond acceptors (Lipinski definition) is 6. The van der Waals surface area contributed by atoms with Gasteiger partial charge in [-0.05, 0) is 12.5 Å². The molecule has 114 valence electrons. The van der Waals surface area contributed by atoms with E-state index in [0.29, 0.717) is 0 Å². The Morgan fingerprint density at radius 1 is 0.818 bits per heavy atom. The lowest BCUT2D eigenvalue weighted by Gasteiger charge is -2.27. The lowest BCUT2D eigenvalue weighted by Crippen LogP contribution is -2.22. The molecule has 6 nitrogen and oxygen atoms in total. The number of hydrogen-bond donors (Lipinski definition) is 1. The summed E-state index contributed by atoms with van der Waals surface area (Å²) in [6.45, 7) is 2.01. The third-order valence-electron chi connectivity index (χ3n) is 3.24. The molecule has 0 spiro atoms. The molecule has 0 aromatic heterocycles. The van der Waals surface area contributed by atoms with Gasteiger partial charge in [-0.15, -0.1) is 0 Å². The maximum Gasteiger partial charge on any atom is 0.249 e. The monoisotopic (exact) mass is 300 g/mol. The summed E-state index contributed by atoms with van der Waals surface area (Å²) in [5.74, 6) is 5.10. The smallest absolute Gasteiger partial charge is 0.249 e. The average Bonchev–Trinajstić information content (AvgIpc) is 2.57. The first-order valence-corrected chi connectivity index (χ1v) is 6.80. The van der Waals surface area contributed by atoms with E-state index in [1.54, 1.807) is 6.21 Å². The zero-order valence-electron chi connectivity index (χ0n) is 12.0. The van der Waals surface area contributed by atoms with Gasteiger partial charge in [0, 0.05) is 11.1 Å². The predicted octanol–water partition coefficient (Wildman–Crippen LogP) is 2.90. The summed E-state index contributed by atoms with van der Waals surface area (Å²) in [4.78, 5) is 21.0. The van der Waals surface area contributed by atoms with Crippen LogP contribution in [0.1, 0.15) is 34.8 Å². The van der Waals surface area contributed by atoms with Crippen molar-refractivity contribution >= 4 is 6.21 Å². The summed E-state index contributed by atoms with van der Waals surface area (Å²) in [7, 11) is 0. The van der Waals surface area contributed by atoms with E-state index in [4.69, 9.17) is 25.4 Å². The number of nitrogens with two attached hydrogens (primary N) is 1. The van der Waals surface area contributed by atoms with Gasteiger partial charge in [0.15, 0.2) is 0 Å². The summed E-state index contributed by atoms with van der Waals surface area (Å²) in [5.41, 5.74) is 3.61. The van der Waals surface area contributed by atoms with Crippen LogP contribution in [0.4, 0.5) is 0 Å². The van der Waals surface area contributed by atoms with Gasteiger partial charge in [-0.25, -0.2) is 0 Å². The van der Waals surface area contributed by atoms with Gasteiger partial charge >= 0.3 is 0 Å². The highest BCUT2D eigenvalue weighted by molar-refractivity contribution is 5.79. The second kappa shape index (κ2) is 6.67. The van der Waals surface area contributed by atoms with Crippen LogP contribution in [0.2, 0.25) is 0 Å². The Balaban J connectivity index is 1.62. The van der Waals surface area contributed by atoms with E-state index in [1.165, 1.54) is 0 Å². The highest BCUT2D eigenvalue weighted by atomic mass is 17.4. The van der Waals surface area contributed by atoms with Crippen LogP contribution in [-0.4, -0.2) is 6.21 Å². The zero-order valence-corrected chi connectivity index (χ0v) is 12.0. The molecule has 0 unspecified atom stereocenters. The Morgan fingerprint density at radius 2 is 1.27 bits per heavy atom. The maximum absolute atomic E-state index is 5.26. The number of rotatable bonds is 3. The molecule has 0 atom stereocenters. The SMILES string of the molecule is Cc1ccc(C2OOC(c3ccc(/C=N/N)cc3)OO2)cc1. The van der Waals surface area contributed by atoms with Crippen molar-refractivity contribution in [3.8, 4) is 0 Å². The second-order valence-electron chi connectivity index (χ2n) is 4.90. The molecule has 22 heavy (non-hydrogen) atoms. The molecular formula is C16H16N2O4. The predicted molar refractivity (Wildman–Crippen MR) is 79.2 cm³/mol. The summed E-state index contributed by atoms with van der Waals surface area (Å²) in [5, 5.41) is 3.46. The molecule has 2 aromatic rings. The van der Waals surface area contributed by atoms with Crippen molar-refractivity contribution < 1.29 is 19.6 Å². The molecule has 0 saturated carbocycles. The number of nitrogens with zero attached hydrogens (tertiary/aromatic N) is 1. The van der Waals surface area contributed by atoms with Gasteiger partial charge in [-0.2, -0.15) is 24.7 Å². The van der Waals surface area contributed by atoms with Crippen LogP contribution in [-0.2, 0) is 19.6 Å². The van der Waals surface area contributed by atoms with Crippen molar-refractivity contribution in [3.05, 3.63) is 70.8 Å². The van der Waals surface area contributed by atoms with Crippen LogP contribution in [0.15, 0.2) is 53.6 Å². The van der Waals surface area contributed by atoms with Crippen molar-refractivity contribution in [3.63, 3.8) is 0 Å². The van der Waals surface area contributed by atoms with Gasteiger partial charge in [-0.1, -0.05) is 54.1 Å². The fourth-order valence-corrected chi connectivity index (χ4v) is 2.00.